The molecule has 0 fully saturated rings. The number of anilines is 1. The topological polar surface area (TPSA) is 64.0 Å². The summed E-state index contributed by atoms with van der Waals surface area (Å²) in [6.07, 6.45) is 2.28. The van der Waals surface area contributed by atoms with Crippen LogP contribution in [0, 0.1) is 13.8 Å². The van der Waals surface area contributed by atoms with Crippen molar-refractivity contribution in [1.82, 2.24) is 9.55 Å². The zero-order chi connectivity index (χ0) is 21.3. The van der Waals surface area contributed by atoms with Gasteiger partial charge in [-0.05, 0) is 37.0 Å². The highest BCUT2D eigenvalue weighted by Gasteiger charge is 2.15. The summed E-state index contributed by atoms with van der Waals surface area (Å²) in [6.45, 7) is 5.97. The molecule has 2 aromatic heterocycles. The molecule has 5 nitrogen and oxygen atoms in total. The van der Waals surface area contributed by atoms with E-state index in [2.05, 4.69) is 17.2 Å². The minimum Gasteiger partial charge on any atom is -0.324 e. The predicted octanol–water partition coefficient (Wildman–Crippen LogP) is 4.94. The number of fused-ring (bicyclic) bond motifs is 1. The molecule has 4 rings (SSSR count). The van der Waals surface area contributed by atoms with Crippen LogP contribution in [0.1, 0.15) is 23.6 Å². The Hall–Kier alpha value is -3.25. The summed E-state index contributed by atoms with van der Waals surface area (Å²) in [7, 11) is 0. The number of nitrogens with one attached hydrogen (secondary N) is 1. The number of amides is 1. The van der Waals surface area contributed by atoms with E-state index in [0.29, 0.717) is 10.2 Å². The molecule has 6 heteroatoms. The summed E-state index contributed by atoms with van der Waals surface area (Å²) in [4.78, 5) is 31.0. The predicted molar refractivity (Wildman–Crippen MR) is 123 cm³/mol. The molecule has 1 N–H and O–H groups in total. The smallest absolute Gasteiger partial charge is 0.263 e. The number of aryl methyl sites for hydroxylation is 3. The van der Waals surface area contributed by atoms with Gasteiger partial charge in [-0.2, -0.15) is 0 Å². The van der Waals surface area contributed by atoms with Gasteiger partial charge in [-0.1, -0.05) is 55.0 Å². The van der Waals surface area contributed by atoms with Gasteiger partial charge < -0.3 is 5.32 Å². The molecular weight excluding hydrogens is 394 g/mol. The molecule has 0 aliphatic heterocycles. The van der Waals surface area contributed by atoms with Gasteiger partial charge in [0, 0.05) is 16.6 Å². The van der Waals surface area contributed by atoms with Crippen LogP contribution in [0.5, 0.6) is 0 Å². The highest BCUT2D eigenvalue weighted by molar-refractivity contribution is 7.17. The standard InChI is InChI=1S/C24H23N3O2S/c1-4-17-7-5-6-16(3)22(17)26-20(28)12-27-14-25-23-21(24(27)29)19(13-30-23)18-10-8-15(2)9-11-18/h5-11,13-14H,4,12H2,1-3H3,(H,26,28). The first-order chi connectivity index (χ1) is 14.5. The van der Waals surface area contributed by atoms with Crippen molar-refractivity contribution >= 4 is 33.1 Å². The third-order valence-electron chi connectivity index (χ3n) is 5.24. The molecule has 2 aromatic carbocycles. The van der Waals surface area contributed by atoms with Gasteiger partial charge in [-0.15, -0.1) is 11.3 Å². The van der Waals surface area contributed by atoms with E-state index in [1.54, 1.807) is 0 Å². The minimum absolute atomic E-state index is 0.0809. The van der Waals surface area contributed by atoms with Crippen LogP contribution < -0.4 is 10.9 Å². The minimum atomic E-state index is -0.241. The third kappa shape index (κ3) is 3.78. The van der Waals surface area contributed by atoms with Gasteiger partial charge in [-0.3, -0.25) is 14.2 Å². The van der Waals surface area contributed by atoms with E-state index >= 15 is 0 Å². The van der Waals surface area contributed by atoms with E-state index in [1.165, 1.54) is 22.2 Å². The highest BCUT2D eigenvalue weighted by atomic mass is 32.1. The van der Waals surface area contributed by atoms with Crippen LogP contribution in [-0.4, -0.2) is 15.5 Å². The zero-order valence-corrected chi connectivity index (χ0v) is 18.0. The van der Waals surface area contributed by atoms with Crippen LogP contribution in [0.15, 0.2) is 59.0 Å². The largest absolute Gasteiger partial charge is 0.324 e. The normalized spacial score (nSPS) is 11.0. The average Bonchev–Trinajstić information content (AvgIpc) is 3.17. The van der Waals surface area contributed by atoms with Gasteiger partial charge in [0.25, 0.3) is 5.56 Å². The molecule has 30 heavy (non-hydrogen) atoms. The molecule has 0 saturated heterocycles. The molecule has 0 spiro atoms. The molecule has 152 valence electrons. The maximum atomic E-state index is 13.2. The Kier molecular flexibility index (Phi) is 5.50. The molecular formula is C24H23N3O2S. The van der Waals surface area contributed by atoms with E-state index in [-0.39, 0.29) is 18.0 Å². The van der Waals surface area contributed by atoms with Crippen LogP contribution in [0.3, 0.4) is 0 Å². The molecule has 0 aliphatic rings. The van der Waals surface area contributed by atoms with Gasteiger partial charge >= 0.3 is 0 Å². The molecule has 1 amide bonds. The van der Waals surface area contributed by atoms with Crippen LogP contribution >= 0.6 is 11.3 Å². The van der Waals surface area contributed by atoms with Crippen LogP contribution in [0.25, 0.3) is 21.3 Å². The first-order valence-electron chi connectivity index (χ1n) is 9.90. The van der Waals surface area contributed by atoms with Gasteiger partial charge in [0.15, 0.2) is 0 Å². The number of para-hydroxylation sites is 1. The zero-order valence-electron chi connectivity index (χ0n) is 17.2. The van der Waals surface area contributed by atoms with Crippen molar-refractivity contribution in [2.75, 3.05) is 5.32 Å². The monoisotopic (exact) mass is 417 g/mol. The number of thiophene rings is 1. The molecule has 0 bridgehead atoms. The fraction of sp³-hybridized carbons (Fsp3) is 0.208. The van der Waals surface area contributed by atoms with Gasteiger partial charge in [0.1, 0.15) is 11.4 Å². The van der Waals surface area contributed by atoms with E-state index in [0.717, 1.165) is 39.9 Å². The molecule has 2 heterocycles. The van der Waals surface area contributed by atoms with E-state index in [1.807, 2.05) is 61.7 Å². The number of aromatic nitrogens is 2. The summed E-state index contributed by atoms with van der Waals surface area (Å²) in [5.74, 6) is -0.241. The average molecular weight is 418 g/mol. The van der Waals surface area contributed by atoms with Crippen molar-refractivity contribution in [2.24, 2.45) is 0 Å². The Morgan fingerprint density at radius 3 is 2.63 bits per heavy atom. The van der Waals surface area contributed by atoms with Gasteiger partial charge in [-0.25, -0.2) is 4.98 Å². The molecule has 0 radical (unpaired) electrons. The van der Waals surface area contributed by atoms with E-state index in [9.17, 15) is 9.59 Å². The SMILES string of the molecule is CCc1cccc(C)c1NC(=O)Cn1cnc2scc(-c3ccc(C)cc3)c2c1=O. The second-order valence-corrected chi connectivity index (χ2v) is 8.24. The molecule has 4 aromatic rings. The number of nitrogens with zero attached hydrogens (tertiary/aromatic N) is 2. The lowest BCUT2D eigenvalue weighted by atomic mass is 10.1. The highest BCUT2D eigenvalue weighted by Crippen LogP contribution is 2.30. The summed E-state index contributed by atoms with van der Waals surface area (Å²) in [5.41, 5.74) is 5.69. The lowest BCUT2D eigenvalue weighted by Gasteiger charge is -2.13. The van der Waals surface area contributed by atoms with Crippen molar-refractivity contribution in [3.05, 3.63) is 81.2 Å². The second kappa shape index (κ2) is 8.24. The van der Waals surface area contributed by atoms with Crippen molar-refractivity contribution < 1.29 is 4.79 Å². The Morgan fingerprint density at radius 1 is 1.13 bits per heavy atom. The fourth-order valence-electron chi connectivity index (χ4n) is 3.56. The molecule has 0 aliphatic carbocycles. The second-order valence-electron chi connectivity index (χ2n) is 7.38. The Bertz CT molecular complexity index is 1290. The van der Waals surface area contributed by atoms with Crippen molar-refractivity contribution in [1.29, 1.82) is 0 Å². The summed E-state index contributed by atoms with van der Waals surface area (Å²) >= 11 is 1.44. The third-order valence-corrected chi connectivity index (χ3v) is 6.13. The van der Waals surface area contributed by atoms with Crippen LogP contribution in [0.4, 0.5) is 5.69 Å². The van der Waals surface area contributed by atoms with Gasteiger partial charge in [0.05, 0.1) is 11.7 Å². The summed E-state index contributed by atoms with van der Waals surface area (Å²) in [5, 5.41) is 5.49. The van der Waals surface area contributed by atoms with Crippen molar-refractivity contribution in [3.63, 3.8) is 0 Å². The molecule has 0 saturated carbocycles. The Balaban J connectivity index is 1.66. The van der Waals surface area contributed by atoms with Crippen LogP contribution in [0.2, 0.25) is 0 Å². The van der Waals surface area contributed by atoms with Gasteiger partial charge in [0.2, 0.25) is 5.91 Å². The maximum Gasteiger partial charge on any atom is 0.263 e. The number of benzene rings is 2. The van der Waals surface area contributed by atoms with Crippen molar-refractivity contribution in [2.45, 2.75) is 33.7 Å². The number of hydrogen-bond donors (Lipinski definition) is 1. The maximum absolute atomic E-state index is 13.2. The van der Waals surface area contributed by atoms with E-state index < -0.39 is 0 Å². The van der Waals surface area contributed by atoms with Crippen LogP contribution in [-0.2, 0) is 17.8 Å². The van der Waals surface area contributed by atoms with Crippen molar-refractivity contribution in [3.8, 4) is 11.1 Å². The molecule has 0 atom stereocenters. The quantitative estimate of drug-likeness (QED) is 0.500. The number of carbonyl (C=O) groups is 1. The summed E-state index contributed by atoms with van der Waals surface area (Å²) in [6, 6.07) is 14.0. The fourth-order valence-corrected chi connectivity index (χ4v) is 4.47. The first-order valence-corrected chi connectivity index (χ1v) is 10.8. The lowest BCUT2D eigenvalue weighted by molar-refractivity contribution is -0.116. The molecule has 0 unspecified atom stereocenters. The number of hydrogen-bond acceptors (Lipinski definition) is 4. The Labute approximate surface area is 179 Å². The number of carbonyl (C=O) groups excluding carboxylic acids is 1. The lowest BCUT2D eigenvalue weighted by Crippen LogP contribution is -2.28. The Morgan fingerprint density at radius 2 is 1.90 bits per heavy atom. The first kappa shape index (κ1) is 20.0. The van der Waals surface area contributed by atoms with E-state index in [4.69, 9.17) is 0 Å². The summed E-state index contributed by atoms with van der Waals surface area (Å²) < 4.78 is 1.38. The number of rotatable bonds is 5.